The summed E-state index contributed by atoms with van der Waals surface area (Å²) in [6.07, 6.45) is 1.72. The van der Waals surface area contributed by atoms with E-state index >= 15 is 0 Å². The van der Waals surface area contributed by atoms with Gasteiger partial charge in [-0.2, -0.15) is 0 Å². The summed E-state index contributed by atoms with van der Waals surface area (Å²) in [7, 11) is 1.54. The van der Waals surface area contributed by atoms with Crippen LogP contribution in [-0.2, 0) is 35.8 Å². The maximum absolute atomic E-state index is 12.5. The Balaban J connectivity index is 1.60. The molecule has 0 atom stereocenters. The van der Waals surface area contributed by atoms with E-state index in [0.29, 0.717) is 11.3 Å². The van der Waals surface area contributed by atoms with Gasteiger partial charge in [-0.1, -0.05) is 24.8 Å². The zero-order valence-electron chi connectivity index (χ0n) is 18.5. The van der Waals surface area contributed by atoms with Crippen LogP contribution in [0.25, 0.3) is 11.0 Å². The van der Waals surface area contributed by atoms with Gasteiger partial charge in [0.1, 0.15) is 11.6 Å². The van der Waals surface area contributed by atoms with Crippen LogP contribution < -0.4 is 0 Å². The van der Waals surface area contributed by atoms with E-state index < -0.39 is 10.0 Å². The summed E-state index contributed by atoms with van der Waals surface area (Å²) < 4.78 is 30.5. The maximum Gasteiger partial charge on any atom is 0.242 e. The van der Waals surface area contributed by atoms with Crippen molar-refractivity contribution in [2.45, 2.75) is 42.1 Å². The third-order valence-corrected chi connectivity index (χ3v) is 8.90. The Labute approximate surface area is 196 Å². The summed E-state index contributed by atoms with van der Waals surface area (Å²) in [6.45, 7) is 2.93. The molecule has 0 aliphatic heterocycles. The number of sulfonamides is 1. The fourth-order valence-electron chi connectivity index (χ4n) is 3.44. The maximum atomic E-state index is 12.5. The predicted octanol–water partition coefficient (Wildman–Crippen LogP) is 3.77. The van der Waals surface area contributed by atoms with Crippen LogP contribution in [0.1, 0.15) is 29.9 Å². The Morgan fingerprint density at radius 2 is 1.97 bits per heavy atom. The van der Waals surface area contributed by atoms with Gasteiger partial charge in [0, 0.05) is 39.0 Å². The van der Waals surface area contributed by atoms with Crippen molar-refractivity contribution in [1.29, 1.82) is 0 Å². The van der Waals surface area contributed by atoms with E-state index in [1.165, 1.54) is 23.3 Å². The lowest BCUT2D eigenvalue weighted by atomic mass is 10.3. The second kappa shape index (κ2) is 9.34. The van der Waals surface area contributed by atoms with Crippen LogP contribution in [0.3, 0.4) is 0 Å². The third-order valence-electron chi connectivity index (χ3n) is 5.19. The molecule has 4 rings (SSSR count). The summed E-state index contributed by atoms with van der Waals surface area (Å²) in [5, 5.41) is 11.6. The Hall–Kier alpha value is -2.21. The number of aromatic nitrogens is 5. The highest BCUT2D eigenvalue weighted by Crippen LogP contribution is 2.27. The average molecular weight is 491 g/mol. The van der Waals surface area contributed by atoms with Crippen LogP contribution in [0.2, 0.25) is 0 Å². The van der Waals surface area contributed by atoms with Gasteiger partial charge in [-0.15, -0.1) is 21.5 Å². The van der Waals surface area contributed by atoms with Crippen LogP contribution in [0, 0.1) is 0 Å². The van der Waals surface area contributed by atoms with Gasteiger partial charge in [0.15, 0.2) is 5.16 Å². The van der Waals surface area contributed by atoms with Gasteiger partial charge in [-0.25, -0.2) is 17.7 Å². The van der Waals surface area contributed by atoms with E-state index in [1.54, 1.807) is 35.2 Å². The number of fused-ring (bicyclic) bond motifs is 1. The van der Waals surface area contributed by atoms with Crippen molar-refractivity contribution in [2.24, 2.45) is 7.05 Å². The van der Waals surface area contributed by atoms with Crippen molar-refractivity contribution < 1.29 is 8.42 Å². The molecule has 0 aliphatic carbocycles. The SMILES string of the molecule is CCCn1c(CSc2nnc(Cc3cccs3)n2C)nc2cc(S(=O)(=O)N(C)C)ccc21. The second-order valence-electron chi connectivity index (χ2n) is 7.62. The zero-order valence-corrected chi connectivity index (χ0v) is 21.0. The highest BCUT2D eigenvalue weighted by molar-refractivity contribution is 7.98. The Morgan fingerprint density at radius 3 is 2.66 bits per heavy atom. The topological polar surface area (TPSA) is 85.9 Å². The summed E-state index contributed by atoms with van der Waals surface area (Å²) in [6, 6.07) is 9.31. The van der Waals surface area contributed by atoms with E-state index in [-0.39, 0.29) is 4.90 Å². The molecule has 8 nitrogen and oxygen atoms in total. The minimum Gasteiger partial charge on any atom is -0.327 e. The monoisotopic (exact) mass is 490 g/mol. The molecule has 0 bridgehead atoms. The number of rotatable bonds is 9. The number of imidazole rings is 1. The molecule has 0 saturated carbocycles. The van der Waals surface area contributed by atoms with Crippen molar-refractivity contribution in [3.63, 3.8) is 0 Å². The number of hydrogen-bond donors (Lipinski definition) is 0. The van der Waals surface area contributed by atoms with Crippen LogP contribution in [0.5, 0.6) is 0 Å². The lowest BCUT2D eigenvalue weighted by Crippen LogP contribution is -2.22. The molecule has 0 radical (unpaired) electrons. The van der Waals surface area contributed by atoms with Crippen LogP contribution in [0.15, 0.2) is 45.8 Å². The molecular weight excluding hydrogens is 464 g/mol. The number of hydrogen-bond acceptors (Lipinski definition) is 7. The number of thioether (sulfide) groups is 1. The van der Waals surface area contributed by atoms with Crippen LogP contribution in [0.4, 0.5) is 0 Å². The number of aryl methyl sites for hydroxylation is 1. The van der Waals surface area contributed by atoms with Gasteiger partial charge < -0.3 is 9.13 Å². The van der Waals surface area contributed by atoms with E-state index in [4.69, 9.17) is 4.98 Å². The minimum atomic E-state index is -3.51. The quantitative estimate of drug-likeness (QED) is 0.332. The van der Waals surface area contributed by atoms with Crippen LogP contribution >= 0.6 is 23.1 Å². The van der Waals surface area contributed by atoms with E-state index in [1.807, 2.05) is 23.7 Å². The highest BCUT2D eigenvalue weighted by atomic mass is 32.2. The first-order valence-corrected chi connectivity index (χ1v) is 13.6. The van der Waals surface area contributed by atoms with Gasteiger partial charge in [-0.3, -0.25) is 0 Å². The molecular formula is C21H26N6O2S3. The molecule has 0 amide bonds. The number of thiophene rings is 1. The summed E-state index contributed by atoms with van der Waals surface area (Å²) >= 11 is 3.30. The molecule has 0 fully saturated rings. The van der Waals surface area contributed by atoms with Crippen molar-refractivity contribution in [2.75, 3.05) is 14.1 Å². The molecule has 170 valence electrons. The fourth-order valence-corrected chi connectivity index (χ4v) is 5.94. The predicted molar refractivity (Wildman–Crippen MR) is 129 cm³/mol. The van der Waals surface area contributed by atoms with Crippen molar-refractivity contribution in [3.05, 3.63) is 52.2 Å². The highest BCUT2D eigenvalue weighted by Gasteiger charge is 2.20. The second-order valence-corrected chi connectivity index (χ2v) is 11.7. The molecule has 3 aromatic heterocycles. The average Bonchev–Trinajstić information content (AvgIpc) is 3.48. The number of nitrogens with zero attached hydrogens (tertiary/aromatic N) is 6. The molecule has 32 heavy (non-hydrogen) atoms. The van der Waals surface area contributed by atoms with E-state index in [0.717, 1.165) is 41.7 Å². The van der Waals surface area contributed by atoms with Crippen molar-refractivity contribution in [1.82, 2.24) is 28.6 Å². The third kappa shape index (κ3) is 4.47. The summed E-state index contributed by atoms with van der Waals surface area (Å²) in [5.41, 5.74) is 1.63. The summed E-state index contributed by atoms with van der Waals surface area (Å²) in [5.74, 6) is 2.44. The van der Waals surface area contributed by atoms with Crippen LogP contribution in [-0.4, -0.2) is 51.1 Å². The molecule has 0 spiro atoms. The normalized spacial score (nSPS) is 12.3. The summed E-state index contributed by atoms with van der Waals surface area (Å²) in [4.78, 5) is 6.29. The Morgan fingerprint density at radius 1 is 1.16 bits per heavy atom. The Kier molecular flexibility index (Phi) is 6.70. The minimum absolute atomic E-state index is 0.252. The van der Waals surface area contributed by atoms with Crippen molar-refractivity contribution in [3.8, 4) is 0 Å². The standard InChI is InChI=1S/C21H26N6O2S3/c1-5-10-27-18-9-8-16(32(28,29)25(2)3)13-17(18)22-20(27)14-31-21-24-23-19(26(21)4)12-15-7-6-11-30-15/h6-9,11,13H,5,10,12,14H2,1-4H3. The molecule has 1 aromatic carbocycles. The Bertz CT molecular complexity index is 1320. The van der Waals surface area contributed by atoms with Gasteiger partial charge in [-0.05, 0) is 36.1 Å². The zero-order chi connectivity index (χ0) is 22.9. The van der Waals surface area contributed by atoms with Gasteiger partial charge in [0.25, 0.3) is 0 Å². The molecule has 0 aliphatic rings. The fraction of sp³-hybridized carbons (Fsp3) is 0.381. The largest absolute Gasteiger partial charge is 0.327 e. The van der Waals surface area contributed by atoms with Crippen molar-refractivity contribution >= 4 is 44.2 Å². The van der Waals surface area contributed by atoms with Gasteiger partial charge in [0.05, 0.1) is 21.7 Å². The van der Waals surface area contributed by atoms with Gasteiger partial charge in [0.2, 0.25) is 10.0 Å². The number of benzene rings is 1. The smallest absolute Gasteiger partial charge is 0.242 e. The first-order valence-electron chi connectivity index (χ1n) is 10.3. The molecule has 3 heterocycles. The molecule has 11 heteroatoms. The van der Waals surface area contributed by atoms with E-state index in [9.17, 15) is 8.42 Å². The molecule has 0 saturated heterocycles. The molecule has 0 N–H and O–H groups in total. The first-order chi connectivity index (χ1) is 15.3. The first kappa shape index (κ1) is 23.0. The van der Waals surface area contributed by atoms with E-state index in [2.05, 4.69) is 33.1 Å². The lowest BCUT2D eigenvalue weighted by Gasteiger charge is -2.11. The lowest BCUT2D eigenvalue weighted by molar-refractivity contribution is 0.521. The molecule has 0 unspecified atom stereocenters. The molecule has 4 aromatic rings. The van der Waals surface area contributed by atoms with Gasteiger partial charge >= 0.3 is 0 Å².